The average Bonchev–Trinajstić information content (AvgIpc) is 3.04. The molecule has 2 aromatic carbocycles. The zero-order valence-electron chi connectivity index (χ0n) is 16.0. The Bertz CT molecular complexity index is 1130. The Balaban J connectivity index is 1.64. The second-order valence-electron chi connectivity index (χ2n) is 6.66. The SMILES string of the molecule is CC(=O)NC1(Oc2cc(-c3ccc(C(F)(F)F)cc3N)ncn2)Nc2ccccc2S1. The van der Waals surface area contributed by atoms with E-state index in [1.165, 1.54) is 37.1 Å². The molecule has 0 spiro atoms. The molecule has 1 atom stereocenters. The first-order chi connectivity index (χ1) is 14.7. The number of rotatable bonds is 4. The van der Waals surface area contributed by atoms with Gasteiger partial charge in [0.1, 0.15) is 6.33 Å². The summed E-state index contributed by atoms with van der Waals surface area (Å²) in [4.78, 5) is 20.8. The van der Waals surface area contributed by atoms with E-state index in [0.29, 0.717) is 5.56 Å². The zero-order chi connectivity index (χ0) is 22.2. The van der Waals surface area contributed by atoms with E-state index in [1.54, 1.807) is 0 Å². The predicted octanol–water partition coefficient (Wildman–Crippen LogP) is 4.09. The maximum absolute atomic E-state index is 12.9. The first kappa shape index (κ1) is 20.8. The number of carbonyl (C=O) groups is 1. The van der Waals surface area contributed by atoms with Crippen molar-refractivity contribution in [1.82, 2.24) is 15.3 Å². The van der Waals surface area contributed by atoms with Crippen molar-refractivity contribution in [2.24, 2.45) is 0 Å². The van der Waals surface area contributed by atoms with Crippen LogP contribution in [-0.2, 0) is 11.0 Å². The fourth-order valence-electron chi connectivity index (χ4n) is 3.04. The third-order valence-corrected chi connectivity index (χ3v) is 5.48. The highest BCUT2D eigenvalue weighted by atomic mass is 32.2. The van der Waals surface area contributed by atoms with Crippen LogP contribution in [-0.4, -0.2) is 21.1 Å². The maximum Gasteiger partial charge on any atom is 0.416 e. The van der Waals surface area contributed by atoms with Gasteiger partial charge in [-0.3, -0.25) is 10.1 Å². The summed E-state index contributed by atoms with van der Waals surface area (Å²) in [6.45, 7) is 1.35. The van der Waals surface area contributed by atoms with Gasteiger partial charge in [0, 0.05) is 29.1 Å². The van der Waals surface area contributed by atoms with Crippen molar-refractivity contribution in [2.45, 2.75) is 23.2 Å². The maximum atomic E-state index is 12.9. The van der Waals surface area contributed by atoms with Crippen LogP contribution in [0, 0.1) is 0 Å². The molecule has 0 bridgehead atoms. The van der Waals surface area contributed by atoms with E-state index >= 15 is 0 Å². The number of nitrogen functional groups attached to an aromatic ring is 1. The summed E-state index contributed by atoms with van der Waals surface area (Å²) in [6, 6.07) is 11.9. The third-order valence-electron chi connectivity index (χ3n) is 4.33. The number of fused-ring (bicyclic) bond motifs is 1. The highest BCUT2D eigenvalue weighted by Gasteiger charge is 2.42. The van der Waals surface area contributed by atoms with Crippen molar-refractivity contribution in [3.05, 3.63) is 60.4 Å². The van der Waals surface area contributed by atoms with E-state index < -0.39 is 16.9 Å². The van der Waals surface area contributed by atoms with Crippen molar-refractivity contribution in [3.63, 3.8) is 0 Å². The predicted molar refractivity (Wildman–Crippen MR) is 110 cm³/mol. The molecule has 1 unspecified atom stereocenters. The molecule has 3 aromatic rings. The largest absolute Gasteiger partial charge is 0.423 e. The first-order valence-corrected chi connectivity index (χ1v) is 9.80. The molecule has 0 aliphatic carbocycles. The Kier molecular flexibility index (Phi) is 5.13. The van der Waals surface area contributed by atoms with Crippen molar-refractivity contribution >= 4 is 29.0 Å². The molecule has 1 aliphatic rings. The lowest BCUT2D eigenvalue weighted by molar-refractivity contribution is -0.137. The van der Waals surface area contributed by atoms with Crippen LogP contribution in [0.3, 0.4) is 0 Å². The van der Waals surface area contributed by atoms with Gasteiger partial charge in [0.05, 0.1) is 16.9 Å². The van der Waals surface area contributed by atoms with E-state index in [-0.39, 0.29) is 23.2 Å². The van der Waals surface area contributed by atoms with Gasteiger partial charge >= 0.3 is 11.4 Å². The molecular formula is C20H16F3N5O2S. The lowest BCUT2D eigenvalue weighted by Gasteiger charge is -2.29. The molecule has 0 saturated heterocycles. The van der Waals surface area contributed by atoms with E-state index in [2.05, 4.69) is 20.6 Å². The van der Waals surface area contributed by atoms with E-state index in [0.717, 1.165) is 22.7 Å². The summed E-state index contributed by atoms with van der Waals surface area (Å²) in [5.74, 6) is -0.250. The molecule has 1 aromatic heterocycles. The highest BCUT2D eigenvalue weighted by molar-refractivity contribution is 8.01. The van der Waals surface area contributed by atoms with Gasteiger partial charge in [-0.05, 0) is 36.0 Å². The Hall–Kier alpha value is -3.47. The lowest BCUT2D eigenvalue weighted by Crippen LogP contribution is -2.53. The van der Waals surface area contributed by atoms with Gasteiger partial charge in [-0.1, -0.05) is 18.2 Å². The number of benzene rings is 2. The summed E-state index contributed by atoms with van der Waals surface area (Å²) >= 11 is 1.24. The summed E-state index contributed by atoms with van der Waals surface area (Å²) in [6.07, 6.45) is -3.30. The monoisotopic (exact) mass is 447 g/mol. The van der Waals surface area contributed by atoms with E-state index in [9.17, 15) is 18.0 Å². The van der Waals surface area contributed by atoms with Crippen molar-refractivity contribution < 1.29 is 22.7 Å². The van der Waals surface area contributed by atoms with Gasteiger partial charge in [-0.2, -0.15) is 13.2 Å². The van der Waals surface area contributed by atoms with Crippen LogP contribution in [0.4, 0.5) is 24.5 Å². The number of para-hydroxylation sites is 1. The topological polar surface area (TPSA) is 102 Å². The molecule has 7 nitrogen and oxygen atoms in total. The second-order valence-corrected chi connectivity index (χ2v) is 7.88. The Morgan fingerprint density at radius 1 is 1.19 bits per heavy atom. The van der Waals surface area contributed by atoms with Crippen LogP contribution in [0.1, 0.15) is 12.5 Å². The summed E-state index contributed by atoms with van der Waals surface area (Å²) < 4.78 is 44.7. The van der Waals surface area contributed by atoms with Gasteiger partial charge in [-0.25, -0.2) is 9.97 Å². The summed E-state index contributed by atoms with van der Waals surface area (Å²) in [5, 5.41) is 4.49. The molecule has 0 fully saturated rings. The summed E-state index contributed by atoms with van der Waals surface area (Å²) in [5.41, 5.74) is 6.23. The lowest BCUT2D eigenvalue weighted by atomic mass is 10.1. The van der Waals surface area contributed by atoms with Crippen molar-refractivity contribution in [3.8, 4) is 17.1 Å². The molecule has 4 rings (SSSR count). The Morgan fingerprint density at radius 3 is 2.65 bits per heavy atom. The molecule has 160 valence electrons. The zero-order valence-corrected chi connectivity index (χ0v) is 16.8. The van der Waals surface area contributed by atoms with Gasteiger partial charge in [0.15, 0.2) is 0 Å². The number of carbonyl (C=O) groups excluding carboxylic acids is 1. The number of hydrogen-bond donors (Lipinski definition) is 3. The van der Waals surface area contributed by atoms with Crippen LogP contribution in [0.2, 0.25) is 0 Å². The van der Waals surface area contributed by atoms with Gasteiger partial charge in [0.25, 0.3) is 0 Å². The molecule has 1 amide bonds. The van der Waals surface area contributed by atoms with Crippen molar-refractivity contribution in [1.29, 1.82) is 0 Å². The van der Waals surface area contributed by atoms with Gasteiger partial charge < -0.3 is 15.8 Å². The summed E-state index contributed by atoms with van der Waals surface area (Å²) in [7, 11) is 0. The molecule has 11 heteroatoms. The molecule has 31 heavy (non-hydrogen) atoms. The number of thioether (sulfide) groups is 1. The number of alkyl halides is 3. The average molecular weight is 447 g/mol. The number of amides is 1. The van der Waals surface area contributed by atoms with E-state index in [4.69, 9.17) is 10.5 Å². The Morgan fingerprint density at radius 2 is 1.97 bits per heavy atom. The second kappa shape index (κ2) is 7.65. The van der Waals surface area contributed by atoms with Crippen LogP contribution >= 0.6 is 11.8 Å². The number of aromatic nitrogens is 2. The third kappa shape index (κ3) is 4.36. The molecule has 1 aliphatic heterocycles. The normalized spacial score (nSPS) is 17.5. The smallest absolute Gasteiger partial charge is 0.416 e. The minimum atomic E-state index is -4.50. The molecule has 0 saturated carbocycles. The molecule has 4 N–H and O–H groups in total. The van der Waals surface area contributed by atoms with Crippen LogP contribution in [0.5, 0.6) is 5.88 Å². The fourth-order valence-corrected chi connectivity index (χ4v) is 4.21. The number of nitrogens with one attached hydrogen (secondary N) is 2. The minimum absolute atomic E-state index is 0.0863. The number of hydrogen-bond acceptors (Lipinski definition) is 7. The minimum Gasteiger partial charge on any atom is -0.423 e. The van der Waals surface area contributed by atoms with Crippen LogP contribution in [0.25, 0.3) is 11.3 Å². The molecule has 0 radical (unpaired) electrons. The molecular weight excluding hydrogens is 431 g/mol. The van der Waals surface area contributed by atoms with Gasteiger partial charge in [-0.15, -0.1) is 0 Å². The number of ether oxygens (including phenoxy) is 1. The number of halogens is 3. The highest BCUT2D eigenvalue weighted by Crippen LogP contribution is 2.44. The number of nitrogens with two attached hydrogens (primary N) is 1. The number of nitrogens with zero attached hydrogens (tertiary/aromatic N) is 2. The van der Waals surface area contributed by atoms with Crippen LogP contribution in [0.15, 0.2) is 59.8 Å². The van der Waals surface area contributed by atoms with Gasteiger partial charge in [0.2, 0.25) is 11.8 Å². The molecule has 2 heterocycles. The van der Waals surface area contributed by atoms with Crippen LogP contribution < -0.4 is 21.1 Å². The van der Waals surface area contributed by atoms with Crippen molar-refractivity contribution in [2.75, 3.05) is 11.1 Å². The fraction of sp³-hybridized carbons (Fsp3) is 0.150. The quantitative estimate of drug-likeness (QED) is 0.409. The Labute approximate surface area is 179 Å². The standard InChI is InChI=1S/C20H16F3N5O2S/c1-11(29)27-20(28-15-4-2-3-5-17(15)31-20)30-18-9-16(25-10-26-18)13-7-6-12(8-14(13)24)19(21,22)23/h2-10,28H,24H2,1H3,(H,27,29). The number of anilines is 2. The first-order valence-electron chi connectivity index (χ1n) is 8.98. The van der Waals surface area contributed by atoms with E-state index in [1.807, 2.05) is 24.3 Å².